The molecule has 28 heavy (non-hydrogen) atoms. The summed E-state index contributed by atoms with van der Waals surface area (Å²) in [5.74, 6) is 0.263. The van der Waals surface area contributed by atoms with Crippen LogP contribution in [0.3, 0.4) is 0 Å². The zero-order chi connectivity index (χ0) is 19.9. The molecule has 0 saturated carbocycles. The number of halogens is 1. The van der Waals surface area contributed by atoms with Gasteiger partial charge >= 0.3 is 12.0 Å². The van der Waals surface area contributed by atoms with Crippen LogP contribution in [0.15, 0.2) is 48.5 Å². The number of para-hydroxylation sites is 1. The number of carbonyl (C=O) groups excluding carboxylic acids is 2. The van der Waals surface area contributed by atoms with E-state index in [4.69, 9.17) is 21.1 Å². The third-order valence-corrected chi connectivity index (χ3v) is 4.80. The fourth-order valence-corrected chi connectivity index (χ4v) is 3.22. The number of rotatable bonds is 5. The molecular weight excluding hydrogens is 380 g/mol. The molecule has 0 radical (unpaired) electrons. The SMILES string of the molecule is CCOC(=O)c1cccc(NC(=O)N2CCC(Oc3ccccc3Cl)CC2)c1. The van der Waals surface area contributed by atoms with Crippen LogP contribution < -0.4 is 10.1 Å². The van der Waals surface area contributed by atoms with E-state index in [1.54, 1.807) is 42.2 Å². The molecule has 1 aliphatic rings. The van der Waals surface area contributed by atoms with E-state index in [1.165, 1.54) is 0 Å². The van der Waals surface area contributed by atoms with Crippen molar-refractivity contribution in [3.63, 3.8) is 0 Å². The Morgan fingerprint density at radius 1 is 1.14 bits per heavy atom. The van der Waals surface area contributed by atoms with Crippen LogP contribution in [0.1, 0.15) is 30.1 Å². The molecule has 1 heterocycles. The van der Waals surface area contributed by atoms with Crippen LogP contribution in [0.25, 0.3) is 0 Å². The predicted octanol–water partition coefficient (Wildman–Crippen LogP) is 4.59. The first-order valence-corrected chi connectivity index (χ1v) is 9.69. The van der Waals surface area contributed by atoms with Gasteiger partial charge in [0.2, 0.25) is 0 Å². The molecule has 1 aliphatic heterocycles. The van der Waals surface area contributed by atoms with Gasteiger partial charge in [0.1, 0.15) is 11.9 Å². The summed E-state index contributed by atoms with van der Waals surface area (Å²) in [6.07, 6.45) is 1.47. The average molecular weight is 403 g/mol. The minimum atomic E-state index is -0.406. The summed E-state index contributed by atoms with van der Waals surface area (Å²) in [7, 11) is 0. The van der Waals surface area contributed by atoms with Crippen LogP contribution in [0.5, 0.6) is 5.75 Å². The number of carbonyl (C=O) groups is 2. The molecule has 2 aromatic rings. The van der Waals surface area contributed by atoms with E-state index < -0.39 is 5.97 Å². The fourth-order valence-electron chi connectivity index (χ4n) is 3.04. The van der Waals surface area contributed by atoms with Crippen LogP contribution in [0, 0.1) is 0 Å². The first kappa shape index (κ1) is 20.0. The molecule has 1 saturated heterocycles. The summed E-state index contributed by atoms with van der Waals surface area (Å²) in [4.78, 5) is 26.1. The molecule has 2 aromatic carbocycles. The number of piperidine rings is 1. The third-order valence-electron chi connectivity index (χ3n) is 4.48. The largest absolute Gasteiger partial charge is 0.489 e. The van der Waals surface area contributed by atoms with Gasteiger partial charge in [-0.15, -0.1) is 0 Å². The monoisotopic (exact) mass is 402 g/mol. The van der Waals surface area contributed by atoms with Crippen molar-refractivity contribution < 1.29 is 19.1 Å². The van der Waals surface area contributed by atoms with Crippen molar-refractivity contribution in [1.29, 1.82) is 0 Å². The van der Waals surface area contributed by atoms with Gasteiger partial charge in [-0.3, -0.25) is 0 Å². The van der Waals surface area contributed by atoms with E-state index in [0.717, 1.165) is 12.8 Å². The van der Waals surface area contributed by atoms with Gasteiger partial charge in [-0.2, -0.15) is 0 Å². The molecular formula is C21H23ClN2O4. The van der Waals surface area contributed by atoms with Gasteiger partial charge in [-0.05, 0) is 37.3 Å². The van der Waals surface area contributed by atoms with Gasteiger partial charge in [0.25, 0.3) is 0 Å². The first-order valence-electron chi connectivity index (χ1n) is 9.31. The van der Waals surface area contributed by atoms with E-state index in [-0.39, 0.29) is 12.1 Å². The van der Waals surface area contributed by atoms with Crippen LogP contribution in [0.2, 0.25) is 5.02 Å². The van der Waals surface area contributed by atoms with Gasteiger partial charge in [-0.1, -0.05) is 29.8 Å². The number of hydrogen-bond acceptors (Lipinski definition) is 4. The molecule has 0 unspecified atom stereocenters. The van der Waals surface area contributed by atoms with Crippen molar-refractivity contribution in [2.75, 3.05) is 25.0 Å². The number of likely N-dealkylation sites (tertiary alicyclic amines) is 1. The second-order valence-corrected chi connectivity index (χ2v) is 6.87. The zero-order valence-corrected chi connectivity index (χ0v) is 16.4. The highest BCUT2D eigenvalue weighted by atomic mass is 35.5. The van der Waals surface area contributed by atoms with Crippen molar-refractivity contribution in [2.45, 2.75) is 25.9 Å². The number of anilines is 1. The van der Waals surface area contributed by atoms with Crippen molar-refractivity contribution in [3.05, 3.63) is 59.1 Å². The fraction of sp³-hybridized carbons (Fsp3) is 0.333. The maximum Gasteiger partial charge on any atom is 0.338 e. The van der Waals surface area contributed by atoms with Gasteiger partial charge < -0.3 is 19.7 Å². The second-order valence-electron chi connectivity index (χ2n) is 6.47. The van der Waals surface area contributed by atoms with E-state index in [9.17, 15) is 9.59 Å². The van der Waals surface area contributed by atoms with Crippen molar-refractivity contribution in [3.8, 4) is 5.75 Å². The molecule has 0 spiro atoms. The van der Waals surface area contributed by atoms with Crippen LogP contribution >= 0.6 is 11.6 Å². The minimum Gasteiger partial charge on any atom is -0.489 e. The lowest BCUT2D eigenvalue weighted by Gasteiger charge is -2.32. The molecule has 0 aliphatic carbocycles. The molecule has 2 amide bonds. The predicted molar refractivity (Wildman–Crippen MR) is 108 cm³/mol. The number of nitrogens with one attached hydrogen (secondary N) is 1. The Morgan fingerprint density at radius 3 is 2.61 bits per heavy atom. The number of amides is 2. The van der Waals surface area contributed by atoms with E-state index in [2.05, 4.69) is 5.32 Å². The van der Waals surface area contributed by atoms with E-state index >= 15 is 0 Å². The summed E-state index contributed by atoms with van der Waals surface area (Å²) in [5.41, 5.74) is 0.969. The van der Waals surface area contributed by atoms with Gasteiger partial charge in [0, 0.05) is 31.6 Å². The maximum atomic E-state index is 12.5. The lowest BCUT2D eigenvalue weighted by Crippen LogP contribution is -2.43. The Bertz CT molecular complexity index is 835. The summed E-state index contributed by atoms with van der Waals surface area (Å²) < 4.78 is 10.9. The van der Waals surface area contributed by atoms with Gasteiger partial charge in [-0.25, -0.2) is 9.59 Å². The van der Waals surface area contributed by atoms with Crippen LogP contribution in [0.4, 0.5) is 10.5 Å². The Morgan fingerprint density at radius 2 is 1.89 bits per heavy atom. The van der Waals surface area contributed by atoms with Crippen molar-refractivity contribution >= 4 is 29.3 Å². The third kappa shape index (κ3) is 5.16. The van der Waals surface area contributed by atoms with Gasteiger partial charge in [0.15, 0.2) is 0 Å². The quantitative estimate of drug-likeness (QED) is 0.742. The molecule has 0 aromatic heterocycles. The lowest BCUT2D eigenvalue weighted by atomic mass is 10.1. The Hall–Kier alpha value is -2.73. The topological polar surface area (TPSA) is 67.9 Å². The molecule has 0 atom stereocenters. The van der Waals surface area contributed by atoms with Gasteiger partial charge in [0.05, 0.1) is 17.2 Å². The number of urea groups is 1. The standard InChI is InChI=1S/C21H23ClN2O4/c1-2-27-20(25)15-6-5-7-16(14-15)23-21(26)24-12-10-17(11-13-24)28-19-9-4-3-8-18(19)22/h3-9,14,17H,2,10-13H2,1H3,(H,23,26). The molecule has 1 N–H and O–H groups in total. The smallest absolute Gasteiger partial charge is 0.338 e. The summed E-state index contributed by atoms with van der Waals surface area (Å²) in [6, 6.07) is 13.9. The number of esters is 1. The van der Waals surface area contributed by atoms with Crippen LogP contribution in [-0.2, 0) is 4.74 Å². The first-order chi connectivity index (χ1) is 13.6. The number of nitrogens with zero attached hydrogens (tertiary/aromatic N) is 1. The van der Waals surface area contributed by atoms with Crippen molar-refractivity contribution in [1.82, 2.24) is 4.90 Å². The molecule has 0 bridgehead atoms. The highest BCUT2D eigenvalue weighted by Gasteiger charge is 2.24. The summed E-state index contributed by atoms with van der Waals surface area (Å²) in [5, 5.41) is 3.43. The molecule has 3 rings (SSSR count). The summed E-state index contributed by atoms with van der Waals surface area (Å²) >= 11 is 6.14. The zero-order valence-electron chi connectivity index (χ0n) is 15.7. The lowest BCUT2D eigenvalue weighted by molar-refractivity contribution is 0.0526. The maximum absolute atomic E-state index is 12.5. The normalized spacial score (nSPS) is 14.4. The number of benzene rings is 2. The highest BCUT2D eigenvalue weighted by Crippen LogP contribution is 2.27. The van der Waals surface area contributed by atoms with E-state index in [1.807, 2.05) is 18.2 Å². The Balaban J connectivity index is 1.52. The molecule has 1 fully saturated rings. The number of hydrogen-bond donors (Lipinski definition) is 1. The molecule has 7 heteroatoms. The van der Waals surface area contributed by atoms with E-state index in [0.29, 0.717) is 41.7 Å². The molecule has 148 valence electrons. The Labute approximate surface area is 169 Å². The minimum absolute atomic E-state index is 0.0242. The van der Waals surface area contributed by atoms with Crippen LogP contribution in [-0.4, -0.2) is 42.7 Å². The van der Waals surface area contributed by atoms with Crippen molar-refractivity contribution in [2.24, 2.45) is 0 Å². The number of ether oxygens (including phenoxy) is 2. The Kier molecular flexibility index (Phi) is 6.76. The summed E-state index contributed by atoms with van der Waals surface area (Å²) in [6.45, 7) is 3.22. The average Bonchev–Trinajstić information content (AvgIpc) is 2.70. The molecule has 6 nitrogen and oxygen atoms in total. The highest BCUT2D eigenvalue weighted by molar-refractivity contribution is 6.32. The second kappa shape index (κ2) is 9.46.